The van der Waals surface area contributed by atoms with E-state index in [2.05, 4.69) is 20.2 Å². The van der Waals surface area contributed by atoms with Crippen molar-refractivity contribution in [1.82, 2.24) is 20.2 Å². The van der Waals surface area contributed by atoms with Crippen LogP contribution in [0.25, 0.3) is 10.3 Å². The van der Waals surface area contributed by atoms with Crippen LogP contribution in [0.2, 0.25) is 0 Å². The number of hydrogen-bond donors (Lipinski definition) is 1. The van der Waals surface area contributed by atoms with Crippen molar-refractivity contribution in [1.29, 1.82) is 0 Å². The van der Waals surface area contributed by atoms with Gasteiger partial charge in [0.25, 0.3) is 5.91 Å². The second-order valence-electron chi connectivity index (χ2n) is 6.31. The summed E-state index contributed by atoms with van der Waals surface area (Å²) in [5, 5.41) is 5.57. The van der Waals surface area contributed by atoms with Gasteiger partial charge in [-0.3, -0.25) is 9.59 Å². The molecule has 1 aliphatic heterocycles. The lowest BCUT2D eigenvalue weighted by molar-refractivity contribution is -0.133. The summed E-state index contributed by atoms with van der Waals surface area (Å²) in [7, 11) is 0. The number of nitrogens with one attached hydrogen (secondary N) is 1. The quantitative estimate of drug-likeness (QED) is 0.725. The van der Waals surface area contributed by atoms with Crippen LogP contribution in [0.3, 0.4) is 0 Å². The van der Waals surface area contributed by atoms with E-state index >= 15 is 0 Å². The van der Waals surface area contributed by atoms with Gasteiger partial charge < -0.3 is 15.1 Å². The number of nitrogens with zero attached hydrogens (tertiary/aromatic N) is 4. The largest absolute Gasteiger partial charge is 0.344 e. The maximum atomic E-state index is 12.7. The second-order valence-corrected chi connectivity index (χ2v) is 8.21. The number of piperazine rings is 1. The van der Waals surface area contributed by atoms with E-state index in [4.69, 9.17) is 0 Å². The third-order valence-electron chi connectivity index (χ3n) is 4.48. The van der Waals surface area contributed by atoms with Crippen LogP contribution in [-0.2, 0) is 4.79 Å². The Bertz CT molecular complexity index is 915. The van der Waals surface area contributed by atoms with Crippen LogP contribution in [0, 0.1) is 0 Å². The Morgan fingerprint density at radius 1 is 1.19 bits per heavy atom. The molecule has 0 aromatic carbocycles. The first-order valence-electron chi connectivity index (χ1n) is 8.71. The summed E-state index contributed by atoms with van der Waals surface area (Å²) in [6, 6.07) is 6.87. The lowest BCUT2D eigenvalue weighted by Gasteiger charge is -2.35. The Morgan fingerprint density at radius 2 is 2.00 bits per heavy atom. The number of pyridine rings is 1. The molecule has 3 aromatic rings. The summed E-state index contributed by atoms with van der Waals surface area (Å²) in [6.45, 7) is 4.40. The molecule has 0 saturated carbocycles. The molecule has 1 N–H and O–H groups in total. The molecule has 1 aliphatic rings. The van der Waals surface area contributed by atoms with Crippen molar-refractivity contribution < 1.29 is 9.59 Å². The van der Waals surface area contributed by atoms with Crippen LogP contribution in [0.15, 0.2) is 35.8 Å². The predicted molar refractivity (Wildman–Crippen MR) is 107 cm³/mol. The van der Waals surface area contributed by atoms with Gasteiger partial charge in [-0.2, -0.15) is 0 Å². The van der Waals surface area contributed by atoms with E-state index in [1.54, 1.807) is 35.4 Å². The number of anilines is 1. The van der Waals surface area contributed by atoms with Crippen molar-refractivity contribution in [3.05, 3.63) is 40.7 Å². The van der Waals surface area contributed by atoms with Crippen molar-refractivity contribution in [2.45, 2.75) is 13.0 Å². The highest BCUT2D eigenvalue weighted by Crippen LogP contribution is 2.27. The Hall–Kier alpha value is -2.52. The van der Waals surface area contributed by atoms with Gasteiger partial charge in [0.15, 0.2) is 5.13 Å². The van der Waals surface area contributed by atoms with Crippen LogP contribution in [0.5, 0.6) is 0 Å². The van der Waals surface area contributed by atoms with Crippen molar-refractivity contribution in [2.24, 2.45) is 0 Å². The molecule has 1 fully saturated rings. The van der Waals surface area contributed by atoms with Gasteiger partial charge in [0, 0.05) is 32.4 Å². The number of aromatic nitrogens is 2. The SMILES string of the molecule is CC(NC(=O)c1cccs1)C(=O)N1CCN(c2nc3cccnc3s2)CC1. The number of carbonyl (C=O) groups excluding carboxylic acids is 2. The molecule has 2 amide bonds. The van der Waals surface area contributed by atoms with Crippen LogP contribution >= 0.6 is 22.7 Å². The highest BCUT2D eigenvalue weighted by Gasteiger charge is 2.27. The van der Waals surface area contributed by atoms with Gasteiger partial charge in [-0.25, -0.2) is 9.97 Å². The summed E-state index contributed by atoms with van der Waals surface area (Å²) in [5.74, 6) is -0.253. The van der Waals surface area contributed by atoms with Gasteiger partial charge in [0.1, 0.15) is 16.4 Å². The number of thiophene rings is 1. The summed E-state index contributed by atoms with van der Waals surface area (Å²) >= 11 is 2.94. The van der Waals surface area contributed by atoms with Gasteiger partial charge >= 0.3 is 0 Å². The number of fused-ring (bicyclic) bond motifs is 1. The fraction of sp³-hybridized carbons (Fsp3) is 0.333. The normalized spacial score (nSPS) is 15.7. The van der Waals surface area contributed by atoms with Gasteiger partial charge in [-0.05, 0) is 30.5 Å². The average Bonchev–Trinajstić information content (AvgIpc) is 3.37. The summed E-state index contributed by atoms with van der Waals surface area (Å²) < 4.78 is 0. The number of hydrogen-bond acceptors (Lipinski definition) is 7. The van der Waals surface area contributed by atoms with E-state index < -0.39 is 6.04 Å². The van der Waals surface area contributed by atoms with Crippen molar-refractivity contribution >= 4 is 50.0 Å². The lowest BCUT2D eigenvalue weighted by atomic mass is 10.2. The van der Waals surface area contributed by atoms with Gasteiger partial charge in [-0.1, -0.05) is 17.4 Å². The zero-order valence-electron chi connectivity index (χ0n) is 14.8. The molecular formula is C18H19N5O2S2. The molecule has 3 aromatic heterocycles. The van der Waals surface area contributed by atoms with E-state index in [9.17, 15) is 9.59 Å². The highest BCUT2D eigenvalue weighted by molar-refractivity contribution is 7.21. The molecule has 27 heavy (non-hydrogen) atoms. The van der Waals surface area contributed by atoms with E-state index in [0.717, 1.165) is 28.6 Å². The fourth-order valence-corrected chi connectivity index (χ4v) is 4.61. The van der Waals surface area contributed by atoms with Crippen LogP contribution in [0.4, 0.5) is 5.13 Å². The van der Waals surface area contributed by atoms with Crippen molar-refractivity contribution in [3.8, 4) is 0 Å². The van der Waals surface area contributed by atoms with Gasteiger partial charge in [0.05, 0.1) is 4.88 Å². The monoisotopic (exact) mass is 401 g/mol. The van der Waals surface area contributed by atoms with Crippen molar-refractivity contribution in [3.63, 3.8) is 0 Å². The van der Waals surface area contributed by atoms with E-state index in [1.165, 1.54) is 11.3 Å². The van der Waals surface area contributed by atoms with E-state index in [-0.39, 0.29) is 11.8 Å². The average molecular weight is 402 g/mol. The Balaban J connectivity index is 1.34. The van der Waals surface area contributed by atoms with Crippen LogP contribution < -0.4 is 10.2 Å². The third kappa shape index (κ3) is 3.79. The third-order valence-corrected chi connectivity index (χ3v) is 6.39. The Kier molecular flexibility index (Phi) is 5.04. The first kappa shape index (κ1) is 17.9. The minimum Gasteiger partial charge on any atom is -0.344 e. The first-order valence-corrected chi connectivity index (χ1v) is 10.4. The van der Waals surface area contributed by atoms with Crippen molar-refractivity contribution in [2.75, 3.05) is 31.1 Å². The summed E-state index contributed by atoms with van der Waals surface area (Å²) in [5.41, 5.74) is 0.904. The maximum absolute atomic E-state index is 12.7. The molecule has 1 atom stereocenters. The topological polar surface area (TPSA) is 78.4 Å². The lowest BCUT2D eigenvalue weighted by Crippen LogP contribution is -2.54. The van der Waals surface area contributed by atoms with Crippen LogP contribution in [0.1, 0.15) is 16.6 Å². The molecule has 9 heteroatoms. The minimum atomic E-state index is -0.544. The number of amides is 2. The molecule has 0 bridgehead atoms. The predicted octanol–water partition coefficient (Wildman–Crippen LogP) is 2.22. The van der Waals surface area contributed by atoms with E-state index in [1.807, 2.05) is 23.6 Å². The highest BCUT2D eigenvalue weighted by atomic mass is 32.1. The number of thiazole rings is 1. The molecule has 1 saturated heterocycles. The Labute approximate surface area is 164 Å². The minimum absolute atomic E-state index is 0.0504. The molecule has 0 spiro atoms. The fourth-order valence-electron chi connectivity index (χ4n) is 3.02. The maximum Gasteiger partial charge on any atom is 0.261 e. The standard InChI is InChI=1S/C18H19N5O2S2/c1-12(20-15(24)14-5-3-11-26-14)17(25)22-7-9-23(10-8-22)18-21-13-4-2-6-19-16(13)27-18/h2-6,11-12H,7-10H2,1H3,(H,20,24). The molecule has 0 radical (unpaired) electrons. The van der Waals surface area contributed by atoms with Gasteiger partial charge in [-0.15, -0.1) is 11.3 Å². The van der Waals surface area contributed by atoms with Crippen LogP contribution in [-0.4, -0.2) is 58.9 Å². The molecule has 140 valence electrons. The second kappa shape index (κ2) is 7.61. The van der Waals surface area contributed by atoms with Gasteiger partial charge in [0.2, 0.25) is 5.91 Å². The van der Waals surface area contributed by atoms with E-state index in [0.29, 0.717) is 18.0 Å². The molecule has 0 aliphatic carbocycles. The molecule has 4 heterocycles. The molecular weight excluding hydrogens is 382 g/mol. The summed E-state index contributed by atoms with van der Waals surface area (Å²) in [4.78, 5) is 39.3. The molecule has 7 nitrogen and oxygen atoms in total. The summed E-state index contributed by atoms with van der Waals surface area (Å²) in [6.07, 6.45) is 1.77. The molecule has 1 unspecified atom stereocenters. The zero-order chi connectivity index (χ0) is 18.8. The number of carbonyl (C=O) groups is 2. The zero-order valence-corrected chi connectivity index (χ0v) is 16.4. The molecule has 4 rings (SSSR count). The first-order chi connectivity index (χ1) is 13.1. The number of rotatable bonds is 4. The Morgan fingerprint density at radius 3 is 2.70 bits per heavy atom. The smallest absolute Gasteiger partial charge is 0.261 e.